The summed E-state index contributed by atoms with van der Waals surface area (Å²) in [6.45, 7) is 2.61. The van der Waals surface area contributed by atoms with Crippen molar-refractivity contribution >= 4 is 31.9 Å². The number of primary amides is 1. The van der Waals surface area contributed by atoms with E-state index >= 15 is 0 Å². The van der Waals surface area contributed by atoms with Crippen LogP contribution in [0.5, 0.6) is 0 Å². The van der Waals surface area contributed by atoms with Crippen LogP contribution in [-0.2, 0) is 42.2 Å². The second-order valence-electron chi connectivity index (χ2n) is 7.56. The summed E-state index contributed by atoms with van der Waals surface area (Å²) in [4.78, 5) is 57.3. The Balaban J connectivity index is 1.89. The van der Waals surface area contributed by atoms with Crippen molar-refractivity contribution in [3.63, 3.8) is 0 Å². The number of hydrogen-bond donors (Lipinski definition) is 3. The molecule has 12 nitrogen and oxygen atoms in total. The Labute approximate surface area is 168 Å². The van der Waals surface area contributed by atoms with Crippen LogP contribution >= 0.6 is 8.17 Å². The van der Waals surface area contributed by atoms with Crippen molar-refractivity contribution in [1.29, 1.82) is 0 Å². The Kier molecular flexibility index (Phi) is 7.18. The summed E-state index contributed by atoms with van der Waals surface area (Å²) in [5.74, 6) is -2.69. The van der Waals surface area contributed by atoms with E-state index in [1.54, 1.807) is 13.8 Å². The first-order chi connectivity index (χ1) is 13.5. The van der Waals surface area contributed by atoms with Gasteiger partial charge in [-0.3, -0.25) is 0 Å². The SMILES string of the molecule is COC(=O)CCNC(=O)[C@@H]1O[PH](O)(OCOC(=O)C2(C(N)=O)CC2)OCC1(C)C. The molecule has 1 heterocycles. The molecular formula is C16H27N2O10P. The van der Waals surface area contributed by atoms with Crippen LogP contribution in [0.25, 0.3) is 0 Å². The number of hydrogen-bond acceptors (Lipinski definition) is 10. The third-order valence-electron chi connectivity index (χ3n) is 4.74. The van der Waals surface area contributed by atoms with Crippen molar-refractivity contribution in [3.05, 3.63) is 0 Å². The summed E-state index contributed by atoms with van der Waals surface area (Å²) >= 11 is 0. The summed E-state index contributed by atoms with van der Waals surface area (Å²) in [6, 6.07) is 0. The van der Waals surface area contributed by atoms with Crippen molar-refractivity contribution < 1.29 is 47.1 Å². The van der Waals surface area contributed by atoms with Crippen molar-refractivity contribution in [2.24, 2.45) is 16.6 Å². The molecule has 1 aliphatic carbocycles. The van der Waals surface area contributed by atoms with Gasteiger partial charge in [-0.15, -0.1) is 0 Å². The minimum atomic E-state index is -4.30. The fourth-order valence-electron chi connectivity index (χ4n) is 2.63. The molecule has 0 aromatic rings. The van der Waals surface area contributed by atoms with E-state index in [9.17, 15) is 24.1 Å². The summed E-state index contributed by atoms with van der Waals surface area (Å²) in [6.07, 6.45) is -0.584. The van der Waals surface area contributed by atoms with E-state index in [4.69, 9.17) is 24.0 Å². The number of rotatable bonds is 9. The van der Waals surface area contributed by atoms with Gasteiger partial charge in [0.2, 0.25) is 0 Å². The van der Waals surface area contributed by atoms with Crippen LogP contribution in [0.2, 0.25) is 0 Å². The van der Waals surface area contributed by atoms with Crippen molar-refractivity contribution in [2.45, 2.75) is 39.2 Å². The number of nitrogens with one attached hydrogen (secondary N) is 1. The quantitative estimate of drug-likeness (QED) is 0.181. The molecule has 1 saturated heterocycles. The molecule has 0 radical (unpaired) electrons. The summed E-state index contributed by atoms with van der Waals surface area (Å²) in [5, 5.41) is 2.52. The van der Waals surface area contributed by atoms with Gasteiger partial charge in [-0.05, 0) is 0 Å². The van der Waals surface area contributed by atoms with Gasteiger partial charge in [0, 0.05) is 0 Å². The van der Waals surface area contributed by atoms with E-state index in [2.05, 4.69) is 10.1 Å². The fourth-order valence-corrected chi connectivity index (χ4v) is 4.34. The van der Waals surface area contributed by atoms with Gasteiger partial charge in [-0.25, -0.2) is 0 Å². The first-order valence-electron chi connectivity index (χ1n) is 8.95. The topological polar surface area (TPSA) is 173 Å². The second kappa shape index (κ2) is 8.88. The molecule has 166 valence electrons. The van der Waals surface area contributed by atoms with Gasteiger partial charge in [0.05, 0.1) is 0 Å². The molecule has 2 amide bonds. The predicted octanol–water partition coefficient (Wildman–Crippen LogP) is -0.708. The van der Waals surface area contributed by atoms with E-state index in [-0.39, 0.29) is 32.4 Å². The molecule has 0 aromatic carbocycles. The Hall–Kier alpha value is -1.85. The molecule has 13 heteroatoms. The first kappa shape index (κ1) is 23.4. The number of carbonyl (C=O) groups is 4. The molecule has 0 aromatic heterocycles. The molecule has 1 atom stereocenters. The molecule has 4 N–H and O–H groups in total. The van der Waals surface area contributed by atoms with Gasteiger partial charge >= 0.3 is 167 Å². The van der Waals surface area contributed by atoms with Crippen molar-refractivity contribution in [1.82, 2.24) is 5.32 Å². The molecule has 0 bridgehead atoms. The summed E-state index contributed by atoms with van der Waals surface area (Å²) < 4.78 is 25.1. The summed E-state index contributed by atoms with van der Waals surface area (Å²) in [7, 11) is -3.06. The van der Waals surface area contributed by atoms with Gasteiger partial charge in [0.1, 0.15) is 0 Å². The molecule has 1 saturated carbocycles. The average Bonchev–Trinajstić information content (AvgIpc) is 3.46. The normalized spacial score (nSPS) is 24.6. The maximum absolute atomic E-state index is 12.4. The fraction of sp³-hybridized carbons (Fsp3) is 0.750. The standard InChI is InChI=1S/C16H27N2O10P/c1-15(2)8-26-29(23,27-9-25-14(22)16(5-6-16)13(17)21)28-11(15)12(20)18-7-4-10(19)24-3/h11,23,29H,4-9H2,1-3H3,(H2,17,21)(H,18,20)/t11-/m0/s1. The van der Waals surface area contributed by atoms with Gasteiger partial charge in [0.15, 0.2) is 0 Å². The van der Waals surface area contributed by atoms with Gasteiger partial charge in [-0.1, -0.05) is 0 Å². The predicted molar refractivity (Wildman–Crippen MR) is 97.7 cm³/mol. The number of methoxy groups -OCH3 is 1. The Morgan fingerprint density at radius 3 is 2.48 bits per heavy atom. The van der Waals surface area contributed by atoms with E-state index in [0.717, 1.165) is 0 Å². The Morgan fingerprint density at radius 1 is 1.28 bits per heavy atom. The maximum atomic E-state index is 12.4. The molecule has 0 unspecified atom stereocenters. The van der Waals surface area contributed by atoms with Gasteiger partial charge < -0.3 is 0 Å². The van der Waals surface area contributed by atoms with Gasteiger partial charge in [-0.2, -0.15) is 0 Å². The molecule has 1 aliphatic heterocycles. The van der Waals surface area contributed by atoms with Crippen LogP contribution in [-0.4, -0.2) is 61.8 Å². The zero-order chi connectivity index (χ0) is 21.9. The van der Waals surface area contributed by atoms with E-state index in [1.807, 2.05) is 0 Å². The molecular weight excluding hydrogens is 411 g/mol. The number of ether oxygens (including phenoxy) is 2. The van der Waals surface area contributed by atoms with E-state index in [0.29, 0.717) is 0 Å². The van der Waals surface area contributed by atoms with E-state index < -0.39 is 55.7 Å². The molecule has 29 heavy (non-hydrogen) atoms. The van der Waals surface area contributed by atoms with Crippen molar-refractivity contribution in [2.75, 3.05) is 27.1 Å². The van der Waals surface area contributed by atoms with Crippen LogP contribution in [0.1, 0.15) is 33.1 Å². The third-order valence-corrected chi connectivity index (χ3v) is 6.27. The van der Waals surface area contributed by atoms with Crippen LogP contribution < -0.4 is 11.1 Å². The van der Waals surface area contributed by atoms with E-state index in [1.165, 1.54) is 7.11 Å². The van der Waals surface area contributed by atoms with Crippen LogP contribution in [0.4, 0.5) is 0 Å². The Morgan fingerprint density at radius 2 is 1.93 bits per heavy atom. The number of esters is 2. The molecule has 0 spiro atoms. The monoisotopic (exact) mass is 438 g/mol. The third kappa shape index (κ3) is 5.61. The summed E-state index contributed by atoms with van der Waals surface area (Å²) in [5.41, 5.74) is 3.03. The first-order valence-corrected chi connectivity index (χ1v) is 10.6. The molecule has 2 rings (SSSR count). The van der Waals surface area contributed by atoms with Crippen molar-refractivity contribution in [3.8, 4) is 0 Å². The van der Waals surface area contributed by atoms with Gasteiger partial charge in [0.25, 0.3) is 0 Å². The average molecular weight is 438 g/mol. The molecule has 2 aliphatic rings. The van der Waals surface area contributed by atoms with Crippen LogP contribution in [0.15, 0.2) is 0 Å². The number of nitrogens with two attached hydrogens (primary N) is 1. The minimum absolute atomic E-state index is 0.0238. The van der Waals surface area contributed by atoms with Crippen LogP contribution in [0, 0.1) is 10.8 Å². The molecule has 2 fully saturated rings. The Bertz CT molecular complexity index is 681. The van der Waals surface area contributed by atoms with Crippen LogP contribution in [0.3, 0.4) is 0 Å². The zero-order valence-electron chi connectivity index (χ0n) is 16.5. The second-order valence-corrected chi connectivity index (χ2v) is 9.42. The number of amides is 2. The number of carbonyl (C=O) groups excluding carboxylic acids is 4. The zero-order valence-corrected chi connectivity index (χ0v) is 17.5.